The van der Waals surface area contributed by atoms with Gasteiger partial charge in [0, 0.05) is 42.7 Å². The van der Waals surface area contributed by atoms with Gasteiger partial charge in [-0.1, -0.05) is 20.8 Å². The first-order chi connectivity index (χ1) is 9.30. The number of likely N-dealkylation sites (N-methyl/N-ethyl adjacent to an activating group) is 1. The summed E-state index contributed by atoms with van der Waals surface area (Å²) < 4.78 is 0.340. The van der Waals surface area contributed by atoms with Crippen molar-refractivity contribution in [2.75, 3.05) is 32.4 Å². The molecule has 1 atom stereocenters. The maximum absolute atomic E-state index is 11.3. The average Bonchev–Trinajstić information content (AvgIpc) is 2.38. The molecule has 1 heterocycles. The number of carbonyl (C=O) groups is 1. The van der Waals surface area contributed by atoms with E-state index in [1.165, 1.54) is 0 Å². The lowest BCUT2D eigenvalue weighted by atomic mass is 10.0. The summed E-state index contributed by atoms with van der Waals surface area (Å²) in [5, 5.41) is 6.42. The minimum atomic E-state index is 0.117. The second-order valence-corrected chi connectivity index (χ2v) is 8.56. The Balaban J connectivity index is 2.20. The van der Waals surface area contributed by atoms with Gasteiger partial charge >= 0.3 is 0 Å². The normalized spacial score (nSPS) is 19.9. The Labute approximate surface area is 128 Å². The fourth-order valence-electron chi connectivity index (χ4n) is 2.37. The summed E-state index contributed by atoms with van der Waals surface area (Å²) >= 11 is 2.02. The van der Waals surface area contributed by atoms with Crippen molar-refractivity contribution in [2.45, 2.75) is 57.4 Å². The maximum atomic E-state index is 11.3. The molecule has 118 valence electrons. The Kier molecular flexibility index (Phi) is 7.34. The topological polar surface area (TPSA) is 44.4 Å². The van der Waals surface area contributed by atoms with Crippen LogP contribution in [0.4, 0.5) is 0 Å². The van der Waals surface area contributed by atoms with Crippen LogP contribution in [0.3, 0.4) is 0 Å². The van der Waals surface area contributed by atoms with E-state index in [2.05, 4.69) is 43.2 Å². The number of likely N-dealkylation sites (tertiary alicyclic amines) is 1. The summed E-state index contributed by atoms with van der Waals surface area (Å²) in [7, 11) is 1.70. The molecule has 1 aliphatic heterocycles. The molecule has 0 saturated carbocycles. The summed E-state index contributed by atoms with van der Waals surface area (Å²) in [6.07, 6.45) is 2.28. The predicted octanol–water partition coefficient (Wildman–Crippen LogP) is 1.71. The van der Waals surface area contributed by atoms with Gasteiger partial charge in [-0.15, -0.1) is 0 Å². The Morgan fingerprint density at radius 2 is 1.95 bits per heavy atom. The quantitative estimate of drug-likeness (QED) is 0.784. The first-order valence-corrected chi connectivity index (χ1v) is 8.61. The van der Waals surface area contributed by atoms with Crippen molar-refractivity contribution in [1.29, 1.82) is 0 Å². The zero-order valence-electron chi connectivity index (χ0n) is 13.7. The van der Waals surface area contributed by atoms with Gasteiger partial charge in [0.25, 0.3) is 0 Å². The number of nitrogens with zero attached hydrogens (tertiary/aromatic N) is 1. The lowest BCUT2D eigenvalue weighted by molar-refractivity contribution is -0.122. The van der Waals surface area contributed by atoms with Crippen LogP contribution in [0.2, 0.25) is 0 Å². The van der Waals surface area contributed by atoms with Crippen molar-refractivity contribution in [3.63, 3.8) is 0 Å². The van der Waals surface area contributed by atoms with Crippen LogP contribution in [0.1, 0.15) is 40.5 Å². The van der Waals surface area contributed by atoms with Gasteiger partial charge in [-0.2, -0.15) is 11.8 Å². The molecule has 2 N–H and O–H groups in total. The van der Waals surface area contributed by atoms with Crippen LogP contribution >= 0.6 is 11.8 Å². The molecule has 1 saturated heterocycles. The molecule has 1 rings (SSSR count). The van der Waals surface area contributed by atoms with Crippen molar-refractivity contribution in [3.8, 4) is 0 Å². The summed E-state index contributed by atoms with van der Waals surface area (Å²) in [6.45, 7) is 11.6. The van der Waals surface area contributed by atoms with E-state index in [0.29, 0.717) is 23.4 Å². The van der Waals surface area contributed by atoms with E-state index in [1.807, 2.05) is 11.8 Å². The number of amides is 1. The molecule has 0 aromatic rings. The Bertz CT molecular complexity index is 296. The number of thioether (sulfide) groups is 1. The SMILES string of the molecule is CNC(=O)CN1CCC(NC(C)CSC(C)(C)C)CC1. The van der Waals surface area contributed by atoms with Gasteiger partial charge in [-0.3, -0.25) is 9.69 Å². The molecule has 0 aromatic heterocycles. The Morgan fingerprint density at radius 1 is 1.35 bits per heavy atom. The molecule has 0 spiro atoms. The molecule has 5 heteroatoms. The van der Waals surface area contributed by atoms with Crippen LogP contribution in [0.5, 0.6) is 0 Å². The van der Waals surface area contributed by atoms with Crippen molar-refractivity contribution in [2.24, 2.45) is 0 Å². The molecule has 1 aliphatic rings. The summed E-state index contributed by atoms with van der Waals surface area (Å²) in [6, 6.07) is 1.15. The van der Waals surface area contributed by atoms with Gasteiger partial charge in [0.2, 0.25) is 5.91 Å². The zero-order valence-corrected chi connectivity index (χ0v) is 14.5. The molecule has 1 fully saturated rings. The van der Waals surface area contributed by atoms with Gasteiger partial charge in [-0.05, 0) is 19.8 Å². The number of carbonyl (C=O) groups excluding carboxylic acids is 1. The summed E-state index contributed by atoms with van der Waals surface area (Å²) in [5.41, 5.74) is 0. The monoisotopic (exact) mass is 301 g/mol. The minimum absolute atomic E-state index is 0.117. The Morgan fingerprint density at radius 3 is 2.45 bits per heavy atom. The largest absolute Gasteiger partial charge is 0.358 e. The van der Waals surface area contributed by atoms with Gasteiger partial charge < -0.3 is 10.6 Å². The van der Waals surface area contributed by atoms with Crippen molar-refractivity contribution >= 4 is 17.7 Å². The lowest BCUT2D eigenvalue weighted by Gasteiger charge is -2.33. The fourth-order valence-corrected chi connectivity index (χ4v) is 3.21. The summed E-state index contributed by atoms with van der Waals surface area (Å²) in [4.78, 5) is 13.6. The first kappa shape index (κ1) is 17.8. The number of hydrogen-bond donors (Lipinski definition) is 2. The van der Waals surface area contributed by atoms with E-state index >= 15 is 0 Å². The van der Waals surface area contributed by atoms with Crippen molar-refractivity contribution < 1.29 is 4.79 Å². The van der Waals surface area contributed by atoms with E-state index in [9.17, 15) is 4.79 Å². The van der Waals surface area contributed by atoms with E-state index in [4.69, 9.17) is 0 Å². The molecule has 1 unspecified atom stereocenters. The smallest absolute Gasteiger partial charge is 0.233 e. The number of hydrogen-bond acceptors (Lipinski definition) is 4. The Hall–Kier alpha value is -0.260. The number of piperidine rings is 1. The third-order valence-corrected chi connectivity index (χ3v) is 5.05. The van der Waals surface area contributed by atoms with Crippen molar-refractivity contribution in [3.05, 3.63) is 0 Å². The van der Waals surface area contributed by atoms with Gasteiger partial charge in [0.05, 0.1) is 6.54 Å². The molecule has 0 bridgehead atoms. The van der Waals surface area contributed by atoms with Gasteiger partial charge in [-0.25, -0.2) is 0 Å². The van der Waals surface area contributed by atoms with Crippen LogP contribution in [0.15, 0.2) is 0 Å². The fraction of sp³-hybridized carbons (Fsp3) is 0.933. The summed E-state index contributed by atoms with van der Waals surface area (Å²) in [5.74, 6) is 1.27. The third-order valence-electron chi connectivity index (χ3n) is 3.52. The van der Waals surface area contributed by atoms with Crippen LogP contribution < -0.4 is 10.6 Å². The first-order valence-electron chi connectivity index (χ1n) is 7.63. The second-order valence-electron chi connectivity index (χ2n) is 6.71. The van der Waals surface area contributed by atoms with Crippen LogP contribution in [-0.2, 0) is 4.79 Å². The maximum Gasteiger partial charge on any atom is 0.233 e. The van der Waals surface area contributed by atoms with Gasteiger partial charge in [0.15, 0.2) is 0 Å². The number of rotatable bonds is 6. The molecular weight excluding hydrogens is 270 g/mol. The van der Waals surface area contributed by atoms with Crippen LogP contribution in [0, 0.1) is 0 Å². The van der Waals surface area contributed by atoms with Crippen molar-refractivity contribution in [1.82, 2.24) is 15.5 Å². The third kappa shape index (κ3) is 7.50. The molecule has 0 aliphatic carbocycles. The standard InChI is InChI=1S/C15H31N3OS/c1-12(11-20-15(2,3)4)17-13-6-8-18(9-7-13)10-14(19)16-5/h12-13,17H,6-11H2,1-5H3,(H,16,19). The van der Waals surface area contributed by atoms with E-state index in [-0.39, 0.29) is 5.91 Å². The highest BCUT2D eigenvalue weighted by Crippen LogP contribution is 2.24. The number of nitrogens with one attached hydrogen (secondary N) is 2. The predicted molar refractivity (Wildman–Crippen MR) is 88.3 cm³/mol. The zero-order chi connectivity index (χ0) is 15.2. The van der Waals surface area contributed by atoms with Crippen LogP contribution in [-0.4, -0.2) is 60.1 Å². The lowest BCUT2D eigenvalue weighted by Crippen LogP contribution is -2.48. The molecule has 4 nitrogen and oxygen atoms in total. The molecule has 1 amide bonds. The highest BCUT2D eigenvalue weighted by atomic mass is 32.2. The van der Waals surface area contributed by atoms with E-state index in [1.54, 1.807) is 7.05 Å². The minimum Gasteiger partial charge on any atom is -0.358 e. The molecule has 0 radical (unpaired) electrons. The second kappa shape index (κ2) is 8.25. The van der Waals surface area contributed by atoms with Gasteiger partial charge in [0.1, 0.15) is 0 Å². The molecule has 0 aromatic carbocycles. The highest BCUT2D eigenvalue weighted by Gasteiger charge is 2.22. The molecule has 20 heavy (non-hydrogen) atoms. The van der Waals surface area contributed by atoms with Crippen LogP contribution in [0.25, 0.3) is 0 Å². The molecular formula is C15H31N3OS. The van der Waals surface area contributed by atoms with E-state index in [0.717, 1.165) is 31.7 Å². The highest BCUT2D eigenvalue weighted by molar-refractivity contribution is 8.00. The van der Waals surface area contributed by atoms with E-state index < -0.39 is 0 Å². The average molecular weight is 302 g/mol.